The van der Waals surface area contributed by atoms with Crippen LogP contribution in [0.4, 0.5) is 0 Å². The highest BCUT2D eigenvalue weighted by Gasteiger charge is 2.32. The second-order valence-corrected chi connectivity index (χ2v) is 4.51. The molecule has 1 aromatic rings. The molecule has 1 amide bonds. The van der Waals surface area contributed by atoms with Crippen LogP contribution in [0.25, 0.3) is 0 Å². The van der Waals surface area contributed by atoms with Crippen molar-refractivity contribution in [3.05, 3.63) is 17.8 Å². The Morgan fingerprint density at radius 1 is 1.53 bits per heavy atom. The average molecular weight is 240 g/mol. The number of hydrogen-bond donors (Lipinski definition) is 1. The Morgan fingerprint density at radius 3 is 2.53 bits per heavy atom. The van der Waals surface area contributed by atoms with Gasteiger partial charge in [0.1, 0.15) is 0 Å². The Labute approximate surface area is 99.2 Å². The molecule has 0 bridgehead atoms. The molecule has 0 unspecified atom stereocenters. The van der Waals surface area contributed by atoms with Crippen molar-refractivity contribution in [2.75, 3.05) is 7.05 Å². The minimum atomic E-state index is -0.955. The van der Waals surface area contributed by atoms with E-state index >= 15 is 0 Å². The Hall–Kier alpha value is -1.85. The van der Waals surface area contributed by atoms with E-state index in [-0.39, 0.29) is 18.1 Å². The first-order valence-electron chi connectivity index (χ1n) is 5.16. The first kappa shape index (κ1) is 13.2. The maximum absolute atomic E-state index is 12.1. The lowest BCUT2D eigenvalue weighted by molar-refractivity contribution is -0.139. The van der Waals surface area contributed by atoms with E-state index < -0.39 is 11.5 Å². The quantitative estimate of drug-likeness (QED) is 0.857. The zero-order chi connectivity index (χ0) is 13.2. The van der Waals surface area contributed by atoms with E-state index in [1.165, 1.54) is 11.3 Å². The molecule has 1 rings (SSSR count). The van der Waals surface area contributed by atoms with Gasteiger partial charge in [-0.2, -0.15) is 0 Å². The molecule has 0 aromatic carbocycles. The third kappa shape index (κ3) is 2.83. The van der Waals surface area contributed by atoms with E-state index in [9.17, 15) is 9.59 Å². The lowest BCUT2D eigenvalue weighted by atomic mass is 9.98. The number of aryl methyl sites for hydroxylation is 1. The Bertz CT molecular complexity index is 436. The summed E-state index contributed by atoms with van der Waals surface area (Å²) in [6.45, 7) is 5.03. The molecule has 0 aliphatic rings. The van der Waals surface area contributed by atoms with Crippen LogP contribution >= 0.6 is 0 Å². The molecule has 6 nitrogen and oxygen atoms in total. The van der Waals surface area contributed by atoms with Gasteiger partial charge < -0.3 is 14.4 Å². The Balaban J connectivity index is 2.90. The van der Waals surface area contributed by atoms with Crippen molar-refractivity contribution in [3.8, 4) is 0 Å². The maximum atomic E-state index is 12.1. The van der Waals surface area contributed by atoms with Crippen LogP contribution in [-0.2, 0) is 4.79 Å². The Kier molecular flexibility index (Phi) is 3.55. The lowest BCUT2D eigenvalue weighted by Gasteiger charge is -2.33. The smallest absolute Gasteiger partial charge is 0.305 e. The molecular formula is C11H16N2O4. The second kappa shape index (κ2) is 4.57. The van der Waals surface area contributed by atoms with E-state index in [0.29, 0.717) is 5.69 Å². The van der Waals surface area contributed by atoms with Crippen LogP contribution in [-0.4, -0.2) is 39.5 Å². The zero-order valence-electron chi connectivity index (χ0n) is 10.4. The number of aromatic nitrogens is 1. The molecule has 0 fully saturated rings. The first-order chi connectivity index (χ1) is 7.75. The largest absolute Gasteiger partial charge is 0.481 e. The number of amides is 1. The Morgan fingerprint density at radius 2 is 2.12 bits per heavy atom. The van der Waals surface area contributed by atoms with Gasteiger partial charge >= 0.3 is 5.97 Å². The fourth-order valence-corrected chi connectivity index (χ4v) is 1.42. The third-order valence-electron chi connectivity index (χ3n) is 2.74. The number of aliphatic carboxylic acids is 1. The minimum Gasteiger partial charge on any atom is -0.481 e. The highest BCUT2D eigenvalue weighted by Crippen LogP contribution is 2.20. The van der Waals surface area contributed by atoms with Crippen molar-refractivity contribution >= 4 is 11.9 Å². The van der Waals surface area contributed by atoms with Crippen molar-refractivity contribution in [1.82, 2.24) is 9.88 Å². The van der Waals surface area contributed by atoms with Crippen LogP contribution in [0.1, 0.15) is 36.5 Å². The van der Waals surface area contributed by atoms with Gasteiger partial charge in [-0.1, -0.05) is 0 Å². The lowest BCUT2D eigenvalue weighted by Crippen LogP contribution is -2.46. The SMILES string of the molecule is Cc1ncoc1C(=O)N(C)C(C)(C)CC(=O)O. The van der Waals surface area contributed by atoms with Crippen molar-refractivity contribution in [2.24, 2.45) is 0 Å². The highest BCUT2D eigenvalue weighted by atomic mass is 16.4. The molecular weight excluding hydrogens is 224 g/mol. The van der Waals surface area contributed by atoms with E-state index in [4.69, 9.17) is 9.52 Å². The van der Waals surface area contributed by atoms with Crippen LogP contribution in [0, 0.1) is 6.92 Å². The summed E-state index contributed by atoms with van der Waals surface area (Å²) >= 11 is 0. The van der Waals surface area contributed by atoms with Gasteiger partial charge in [-0.3, -0.25) is 9.59 Å². The molecule has 0 atom stereocenters. The second-order valence-electron chi connectivity index (χ2n) is 4.51. The van der Waals surface area contributed by atoms with Crippen molar-refractivity contribution < 1.29 is 19.1 Å². The van der Waals surface area contributed by atoms with Gasteiger partial charge in [-0.25, -0.2) is 4.98 Å². The predicted octanol–water partition coefficient (Wildman–Crippen LogP) is 1.31. The van der Waals surface area contributed by atoms with Gasteiger partial charge in [0.25, 0.3) is 5.91 Å². The summed E-state index contributed by atoms with van der Waals surface area (Å²) in [6, 6.07) is 0. The monoisotopic (exact) mass is 240 g/mol. The zero-order valence-corrected chi connectivity index (χ0v) is 10.4. The number of nitrogens with zero attached hydrogens (tertiary/aromatic N) is 2. The summed E-state index contributed by atoms with van der Waals surface area (Å²) in [5.74, 6) is -1.18. The van der Waals surface area contributed by atoms with Gasteiger partial charge in [0.15, 0.2) is 6.39 Å². The van der Waals surface area contributed by atoms with E-state index in [2.05, 4.69) is 4.98 Å². The molecule has 1 aromatic heterocycles. The predicted molar refractivity (Wildman–Crippen MR) is 59.7 cm³/mol. The van der Waals surface area contributed by atoms with Gasteiger partial charge in [-0.05, 0) is 20.8 Å². The number of carbonyl (C=O) groups is 2. The normalized spacial score (nSPS) is 11.3. The van der Waals surface area contributed by atoms with Gasteiger partial charge in [0.05, 0.1) is 12.1 Å². The van der Waals surface area contributed by atoms with Crippen LogP contribution in [0.15, 0.2) is 10.8 Å². The first-order valence-corrected chi connectivity index (χ1v) is 5.16. The molecule has 0 aliphatic carbocycles. The molecule has 0 aliphatic heterocycles. The highest BCUT2D eigenvalue weighted by molar-refractivity contribution is 5.93. The number of hydrogen-bond acceptors (Lipinski definition) is 4. The van der Waals surface area contributed by atoms with Crippen LogP contribution < -0.4 is 0 Å². The van der Waals surface area contributed by atoms with Gasteiger partial charge in [0, 0.05) is 12.6 Å². The third-order valence-corrected chi connectivity index (χ3v) is 2.74. The topological polar surface area (TPSA) is 83.6 Å². The number of carboxylic acids is 1. The number of rotatable bonds is 4. The molecule has 0 spiro atoms. The summed E-state index contributed by atoms with van der Waals surface area (Å²) in [6.07, 6.45) is 1.06. The number of oxazole rings is 1. The summed E-state index contributed by atoms with van der Waals surface area (Å²) in [5.41, 5.74) is -0.296. The molecule has 6 heteroatoms. The standard InChI is InChI=1S/C11H16N2O4/c1-7-9(17-6-12-7)10(16)13(4)11(2,3)5-8(14)15/h6H,5H2,1-4H3,(H,14,15). The molecule has 0 saturated heterocycles. The van der Waals surface area contributed by atoms with Crippen LogP contribution in [0.5, 0.6) is 0 Å². The number of carbonyl (C=O) groups excluding carboxylic acids is 1. The van der Waals surface area contributed by atoms with E-state index in [1.54, 1.807) is 27.8 Å². The molecule has 1 heterocycles. The molecule has 17 heavy (non-hydrogen) atoms. The molecule has 0 radical (unpaired) electrons. The van der Waals surface area contributed by atoms with E-state index in [0.717, 1.165) is 0 Å². The summed E-state index contributed by atoms with van der Waals surface area (Å²) in [5, 5.41) is 8.79. The average Bonchev–Trinajstić information content (AvgIpc) is 2.60. The minimum absolute atomic E-state index is 0.136. The van der Waals surface area contributed by atoms with Gasteiger partial charge in [-0.15, -0.1) is 0 Å². The summed E-state index contributed by atoms with van der Waals surface area (Å²) < 4.78 is 5.00. The van der Waals surface area contributed by atoms with Crippen LogP contribution in [0.2, 0.25) is 0 Å². The summed E-state index contributed by atoms with van der Waals surface area (Å²) in [4.78, 5) is 28.0. The van der Waals surface area contributed by atoms with Crippen molar-refractivity contribution in [1.29, 1.82) is 0 Å². The molecule has 0 saturated carbocycles. The van der Waals surface area contributed by atoms with Crippen molar-refractivity contribution in [2.45, 2.75) is 32.7 Å². The van der Waals surface area contributed by atoms with Crippen molar-refractivity contribution in [3.63, 3.8) is 0 Å². The van der Waals surface area contributed by atoms with Gasteiger partial charge in [0.2, 0.25) is 5.76 Å². The molecule has 1 N–H and O–H groups in total. The van der Waals surface area contributed by atoms with E-state index in [1.807, 2.05) is 0 Å². The van der Waals surface area contributed by atoms with Crippen LogP contribution in [0.3, 0.4) is 0 Å². The summed E-state index contributed by atoms with van der Waals surface area (Å²) in [7, 11) is 1.55. The number of carboxylic acid groups (broad SMARTS) is 1. The fraction of sp³-hybridized carbons (Fsp3) is 0.545. The molecule has 94 valence electrons. The fourth-order valence-electron chi connectivity index (χ4n) is 1.42. The maximum Gasteiger partial charge on any atom is 0.305 e.